The van der Waals surface area contributed by atoms with Crippen molar-refractivity contribution in [2.45, 2.75) is 6.42 Å². The van der Waals surface area contributed by atoms with E-state index in [0.29, 0.717) is 10.0 Å². The SMILES string of the molecule is NC(=O)C(Cc1cc(F)cc(Br)c1)C(=O)[O-].[Li+]. The Bertz CT molecular complexity index is 407. The minimum Gasteiger partial charge on any atom is -0.549 e. The molecule has 1 aromatic rings. The fourth-order valence-electron chi connectivity index (χ4n) is 1.26. The molecule has 1 rings (SSSR count). The van der Waals surface area contributed by atoms with E-state index in [-0.39, 0.29) is 25.3 Å². The van der Waals surface area contributed by atoms with E-state index >= 15 is 0 Å². The average molecular weight is 296 g/mol. The molecule has 1 aromatic carbocycles. The summed E-state index contributed by atoms with van der Waals surface area (Å²) in [6.45, 7) is 0. The Hall–Kier alpha value is -0.833. The number of amides is 1. The minimum absolute atomic E-state index is 0. The predicted octanol–water partition coefficient (Wildman–Crippen LogP) is -3.01. The number of carbonyl (C=O) groups is 2. The molecule has 0 spiro atoms. The average Bonchev–Trinajstić information content (AvgIpc) is 2.11. The molecule has 1 unspecified atom stereocenters. The first kappa shape index (κ1) is 16.2. The van der Waals surface area contributed by atoms with Crippen molar-refractivity contribution in [3.05, 3.63) is 34.1 Å². The van der Waals surface area contributed by atoms with Gasteiger partial charge in [-0.25, -0.2) is 4.39 Å². The van der Waals surface area contributed by atoms with Crippen LogP contribution in [-0.2, 0) is 16.0 Å². The Morgan fingerprint density at radius 2 is 2.00 bits per heavy atom. The van der Waals surface area contributed by atoms with Gasteiger partial charge in [-0.3, -0.25) is 4.79 Å². The van der Waals surface area contributed by atoms with Gasteiger partial charge in [0.05, 0.1) is 11.9 Å². The van der Waals surface area contributed by atoms with Crippen LogP contribution >= 0.6 is 15.9 Å². The fraction of sp³-hybridized carbons (Fsp3) is 0.200. The van der Waals surface area contributed by atoms with E-state index in [9.17, 15) is 19.1 Å². The van der Waals surface area contributed by atoms with Gasteiger partial charge < -0.3 is 15.6 Å². The van der Waals surface area contributed by atoms with Gasteiger partial charge in [0, 0.05) is 4.47 Å². The first-order chi connectivity index (χ1) is 7.40. The second-order valence-electron chi connectivity index (χ2n) is 3.26. The molecule has 17 heavy (non-hydrogen) atoms. The maximum absolute atomic E-state index is 13.0. The van der Waals surface area contributed by atoms with Gasteiger partial charge in [0.15, 0.2) is 0 Å². The van der Waals surface area contributed by atoms with Crippen molar-refractivity contribution in [3.8, 4) is 0 Å². The molecule has 0 aliphatic carbocycles. The molecule has 4 nitrogen and oxygen atoms in total. The van der Waals surface area contributed by atoms with Crippen LogP contribution < -0.4 is 29.7 Å². The normalized spacial score (nSPS) is 11.4. The Labute approximate surface area is 118 Å². The van der Waals surface area contributed by atoms with Crippen molar-refractivity contribution >= 4 is 27.8 Å². The van der Waals surface area contributed by atoms with Crippen molar-refractivity contribution in [2.75, 3.05) is 0 Å². The number of hydrogen-bond acceptors (Lipinski definition) is 3. The topological polar surface area (TPSA) is 83.2 Å². The number of primary amides is 1. The first-order valence-electron chi connectivity index (χ1n) is 4.35. The summed E-state index contributed by atoms with van der Waals surface area (Å²) >= 11 is 3.06. The van der Waals surface area contributed by atoms with Crippen LogP contribution in [0.2, 0.25) is 0 Å². The minimum atomic E-state index is -1.56. The zero-order valence-electron chi connectivity index (χ0n) is 9.07. The van der Waals surface area contributed by atoms with Crippen molar-refractivity contribution in [3.63, 3.8) is 0 Å². The summed E-state index contributed by atoms with van der Waals surface area (Å²) in [5.74, 6) is -4.53. The molecular weight excluding hydrogens is 288 g/mol. The number of carboxylic acid groups (broad SMARTS) is 1. The maximum atomic E-state index is 13.0. The van der Waals surface area contributed by atoms with E-state index in [1.165, 1.54) is 12.1 Å². The van der Waals surface area contributed by atoms with E-state index in [0.717, 1.165) is 6.07 Å². The van der Waals surface area contributed by atoms with E-state index in [2.05, 4.69) is 15.9 Å². The zero-order valence-corrected chi connectivity index (χ0v) is 10.7. The first-order valence-corrected chi connectivity index (χ1v) is 5.14. The molecular formula is C10H8BrFLiNO3. The molecule has 0 fully saturated rings. The number of nitrogens with two attached hydrogens (primary N) is 1. The molecule has 0 saturated heterocycles. The maximum Gasteiger partial charge on any atom is 1.00 e. The Morgan fingerprint density at radius 1 is 1.41 bits per heavy atom. The summed E-state index contributed by atoms with van der Waals surface area (Å²) in [7, 11) is 0. The summed E-state index contributed by atoms with van der Waals surface area (Å²) in [5.41, 5.74) is 5.26. The van der Waals surface area contributed by atoms with Crippen LogP contribution in [0.5, 0.6) is 0 Å². The fourth-order valence-corrected chi connectivity index (χ4v) is 1.78. The smallest absolute Gasteiger partial charge is 0.549 e. The van der Waals surface area contributed by atoms with Crippen molar-refractivity contribution in [1.82, 2.24) is 0 Å². The summed E-state index contributed by atoms with van der Waals surface area (Å²) in [6, 6.07) is 3.88. The van der Waals surface area contributed by atoms with E-state index < -0.39 is 23.6 Å². The predicted molar refractivity (Wildman–Crippen MR) is 55.5 cm³/mol. The molecule has 1 amide bonds. The number of hydrogen-bond donors (Lipinski definition) is 1. The van der Waals surface area contributed by atoms with Crippen molar-refractivity contribution in [2.24, 2.45) is 11.7 Å². The molecule has 7 heteroatoms. The Kier molecular flexibility index (Phi) is 6.46. The molecule has 0 radical (unpaired) electrons. The second kappa shape index (κ2) is 6.79. The summed E-state index contributed by atoms with van der Waals surface area (Å²) in [6.07, 6.45) is -0.186. The van der Waals surface area contributed by atoms with Crippen LogP contribution in [0.4, 0.5) is 4.39 Å². The van der Waals surface area contributed by atoms with Gasteiger partial charge in [-0.05, 0) is 30.2 Å². The van der Waals surface area contributed by atoms with Crippen LogP contribution in [0.15, 0.2) is 22.7 Å². The van der Waals surface area contributed by atoms with Crippen LogP contribution in [-0.4, -0.2) is 11.9 Å². The van der Waals surface area contributed by atoms with Crippen molar-refractivity contribution in [1.29, 1.82) is 0 Å². The Balaban J connectivity index is 0.00000256. The number of halogens is 2. The van der Waals surface area contributed by atoms with E-state index in [4.69, 9.17) is 5.73 Å². The monoisotopic (exact) mass is 295 g/mol. The van der Waals surface area contributed by atoms with Crippen LogP contribution in [0.1, 0.15) is 5.56 Å². The van der Waals surface area contributed by atoms with E-state index in [1.807, 2.05) is 0 Å². The molecule has 2 N–H and O–H groups in total. The van der Waals surface area contributed by atoms with Crippen molar-refractivity contribution < 1.29 is 37.9 Å². The van der Waals surface area contributed by atoms with Crippen LogP contribution in [0.3, 0.4) is 0 Å². The van der Waals surface area contributed by atoms with Crippen LogP contribution in [0, 0.1) is 11.7 Å². The second-order valence-corrected chi connectivity index (χ2v) is 4.17. The molecule has 0 aromatic heterocycles. The Morgan fingerprint density at radius 3 is 2.41 bits per heavy atom. The number of carboxylic acids is 1. The molecule has 0 heterocycles. The molecule has 1 atom stereocenters. The zero-order chi connectivity index (χ0) is 12.3. The third kappa shape index (κ3) is 4.90. The van der Waals surface area contributed by atoms with Gasteiger partial charge >= 0.3 is 18.9 Å². The summed E-state index contributed by atoms with van der Waals surface area (Å²) in [5, 5.41) is 10.6. The number of rotatable bonds is 4. The number of carbonyl (C=O) groups excluding carboxylic acids is 2. The summed E-state index contributed by atoms with van der Waals surface area (Å²) < 4.78 is 13.4. The van der Waals surface area contributed by atoms with Crippen LogP contribution in [0.25, 0.3) is 0 Å². The molecule has 0 aliphatic rings. The summed E-state index contributed by atoms with van der Waals surface area (Å²) in [4.78, 5) is 21.4. The van der Waals surface area contributed by atoms with Gasteiger partial charge in [-0.15, -0.1) is 0 Å². The largest absolute Gasteiger partial charge is 1.00 e. The molecule has 0 aliphatic heterocycles. The van der Waals surface area contributed by atoms with Gasteiger partial charge in [0.2, 0.25) is 5.91 Å². The number of benzene rings is 1. The molecule has 86 valence electrons. The van der Waals surface area contributed by atoms with Gasteiger partial charge in [-0.2, -0.15) is 0 Å². The quantitative estimate of drug-likeness (QED) is 0.474. The standard InChI is InChI=1S/C10H9BrFNO3.Li/c11-6-1-5(2-7(12)4-6)3-8(9(13)14)10(15)16;/h1-2,4,8H,3H2,(H2,13,14)(H,15,16);/q;+1/p-1. The van der Waals surface area contributed by atoms with E-state index in [1.54, 1.807) is 0 Å². The molecule has 0 bridgehead atoms. The van der Waals surface area contributed by atoms with Gasteiger partial charge in [0.1, 0.15) is 5.82 Å². The van der Waals surface area contributed by atoms with Gasteiger partial charge in [0.25, 0.3) is 0 Å². The third-order valence-electron chi connectivity index (χ3n) is 1.99. The van der Waals surface area contributed by atoms with Gasteiger partial charge in [-0.1, -0.05) is 15.9 Å². The molecule has 0 saturated carbocycles. The number of aliphatic carboxylic acids is 1. The third-order valence-corrected chi connectivity index (χ3v) is 2.45.